The second-order valence-electron chi connectivity index (χ2n) is 5.65. The lowest BCUT2D eigenvalue weighted by Crippen LogP contribution is -2.44. The van der Waals surface area contributed by atoms with Crippen LogP contribution >= 0.6 is 11.3 Å². The number of thiophene rings is 1. The molecule has 3 heterocycles. The minimum atomic E-state index is -0.101. The van der Waals surface area contributed by atoms with E-state index in [-0.39, 0.29) is 11.9 Å². The van der Waals surface area contributed by atoms with E-state index in [0.29, 0.717) is 12.5 Å². The summed E-state index contributed by atoms with van der Waals surface area (Å²) in [7, 11) is 0. The number of aromatic amines is 1. The zero-order valence-corrected chi connectivity index (χ0v) is 13.5. The summed E-state index contributed by atoms with van der Waals surface area (Å²) in [6.07, 6.45) is 3.46. The Morgan fingerprint density at radius 2 is 2.55 bits per heavy atom. The zero-order valence-electron chi connectivity index (χ0n) is 12.7. The molecular formula is C15H21N5OS. The Balaban J connectivity index is 1.45. The van der Waals surface area contributed by atoms with Crippen molar-refractivity contribution >= 4 is 17.2 Å². The van der Waals surface area contributed by atoms with Crippen LogP contribution in [0.2, 0.25) is 0 Å². The van der Waals surface area contributed by atoms with Gasteiger partial charge in [-0.15, -0.1) is 11.3 Å². The molecule has 1 saturated heterocycles. The highest BCUT2D eigenvalue weighted by Gasteiger charge is 2.31. The Bertz CT molecular complexity index is 583. The second kappa shape index (κ2) is 7.02. The van der Waals surface area contributed by atoms with Crippen LogP contribution < -0.4 is 5.32 Å². The Labute approximate surface area is 133 Å². The summed E-state index contributed by atoms with van der Waals surface area (Å²) >= 11 is 1.73. The molecule has 0 saturated carbocycles. The fraction of sp³-hybridized carbons (Fsp3) is 0.533. The number of likely N-dealkylation sites (tertiary alicyclic amines) is 1. The number of nitrogens with one attached hydrogen (secondary N) is 2. The summed E-state index contributed by atoms with van der Waals surface area (Å²) in [5.74, 6) is 1.38. The standard InChI is InChI=1S/C15H21N5OS/c1-11(15(21)16-6-4-13-3-2-8-22-13)20-7-5-12(9-20)14-17-10-18-19-14/h2-3,8,10-12H,4-7,9H2,1H3,(H,16,21)(H,17,18,19)/t11-,12-/m1/s1. The van der Waals surface area contributed by atoms with Gasteiger partial charge >= 0.3 is 0 Å². The van der Waals surface area contributed by atoms with E-state index in [4.69, 9.17) is 0 Å². The molecule has 118 valence electrons. The number of rotatable bonds is 6. The predicted molar refractivity (Wildman–Crippen MR) is 85.8 cm³/mol. The van der Waals surface area contributed by atoms with Crippen molar-refractivity contribution in [2.45, 2.75) is 31.7 Å². The number of carbonyl (C=O) groups is 1. The molecule has 2 aromatic rings. The van der Waals surface area contributed by atoms with Crippen LogP contribution in [-0.2, 0) is 11.2 Å². The molecule has 0 bridgehead atoms. The van der Waals surface area contributed by atoms with Crippen molar-refractivity contribution in [3.8, 4) is 0 Å². The summed E-state index contributed by atoms with van der Waals surface area (Å²) in [5, 5.41) is 11.9. The zero-order chi connectivity index (χ0) is 15.4. The number of H-pyrrole nitrogens is 1. The first-order valence-corrected chi connectivity index (χ1v) is 8.51. The summed E-state index contributed by atoms with van der Waals surface area (Å²) < 4.78 is 0. The van der Waals surface area contributed by atoms with Crippen molar-refractivity contribution in [2.75, 3.05) is 19.6 Å². The summed E-state index contributed by atoms with van der Waals surface area (Å²) in [5.41, 5.74) is 0. The number of hydrogen-bond donors (Lipinski definition) is 2. The van der Waals surface area contributed by atoms with Crippen LogP contribution in [0.5, 0.6) is 0 Å². The lowest BCUT2D eigenvalue weighted by atomic mass is 10.1. The lowest BCUT2D eigenvalue weighted by Gasteiger charge is -2.23. The SMILES string of the molecule is C[C@H](C(=O)NCCc1cccs1)N1CC[C@@H](c2ncn[nH]2)C1. The first-order chi connectivity index (χ1) is 10.7. The second-order valence-corrected chi connectivity index (χ2v) is 6.68. The molecule has 1 aliphatic heterocycles. The smallest absolute Gasteiger partial charge is 0.237 e. The highest BCUT2D eigenvalue weighted by Crippen LogP contribution is 2.25. The van der Waals surface area contributed by atoms with Gasteiger partial charge in [-0.2, -0.15) is 5.10 Å². The van der Waals surface area contributed by atoms with Gasteiger partial charge in [-0.1, -0.05) is 6.07 Å². The lowest BCUT2D eigenvalue weighted by molar-refractivity contribution is -0.125. The van der Waals surface area contributed by atoms with Crippen LogP contribution in [0, 0.1) is 0 Å². The number of amides is 1. The minimum absolute atomic E-state index is 0.101. The Morgan fingerprint density at radius 3 is 3.27 bits per heavy atom. The Kier molecular flexibility index (Phi) is 4.84. The third-order valence-electron chi connectivity index (χ3n) is 4.22. The Morgan fingerprint density at radius 1 is 1.64 bits per heavy atom. The van der Waals surface area contributed by atoms with Gasteiger partial charge in [-0.05, 0) is 37.8 Å². The van der Waals surface area contributed by atoms with E-state index >= 15 is 0 Å². The molecule has 0 aromatic carbocycles. The van der Waals surface area contributed by atoms with Gasteiger partial charge in [0, 0.05) is 23.9 Å². The quantitative estimate of drug-likeness (QED) is 0.844. The van der Waals surface area contributed by atoms with E-state index in [9.17, 15) is 4.79 Å². The van der Waals surface area contributed by atoms with Gasteiger partial charge in [0.25, 0.3) is 0 Å². The average molecular weight is 319 g/mol. The molecule has 0 radical (unpaired) electrons. The van der Waals surface area contributed by atoms with Gasteiger partial charge in [0.15, 0.2) is 0 Å². The van der Waals surface area contributed by atoms with Crippen LogP contribution in [-0.4, -0.2) is 51.7 Å². The van der Waals surface area contributed by atoms with Crippen LogP contribution in [0.3, 0.4) is 0 Å². The minimum Gasteiger partial charge on any atom is -0.354 e. The summed E-state index contributed by atoms with van der Waals surface area (Å²) in [6.45, 7) is 4.45. The van der Waals surface area contributed by atoms with Crippen molar-refractivity contribution < 1.29 is 4.79 Å². The maximum Gasteiger partial charge on any atom is 0.237 e. The maximum absolute atomic E-state index is 12.3. The molecule has 1 aliphatic rings. The van der Waals surface area contributed by atoms with Crippen LogP contribution in [0.4, 0.5) is 0 Å². The van der Waals surface area contributed by atoms with E-state index < -0.39 is 0 Å². The molecular weight excluding hydrogens is 298 g/mol. The topological polar surface area (TPSA) is 73.9 Å². The Hall–Kier alpha value is -1.73. The number of carbonyl (C=O) groups excluding carboxylic acids is 1. The van der Waals surface area contributed by atoms with Crippen molar-refractivity contribution in [3.63, 3.8) is 0 Å². The maximum atomic E-state index is 12.3. The third-order valence-corrected chi connectivity index (χ3v) is 5.15. The predicted octanol–water partition coefficient (Wildman–Crippen LogP) is 1.40. The van der Waals surface area contributed by atoms with E-state index in [0.717, 1.165) is 31.8 Å². The fourth-order valence-electron chi connectivity index (χ4n) is 2.85. The van der Waals surface area contributed by atoms with E-state index in [1.165, 1.54) is 4.88 Å². The first-order valence-electron chi connectivity index (χ1n) is 7.63. The van der Waals surface area contributed by atoms with E-state index in [2.05, 4.69) is 36.8 Å². The molecule has 1 fully saturated rings. The number of aromatic nitrogens is 3. The summed E-state index contributed by atoms with van der Waals surface area (Å²) in [4.78, 5) is 20.0. The highest BCUT2D eigenvalue weighted by molar-refractivity contribution is 7.09. The highest BCUT2D eigenvalue weighted by atomic mass is 32.1. The molecule has 2 atom stereocenters. The monoisotopic (exact) mass is 319 g/mol. The summed E-state index contributed by atoms with van der Waals surface area (Å²) in [6, 6.07) is 4.04. The molecule has 6 nitrogen and oxygen atoms in total. The normalized spacial score (nSPS) is 20.1. The van der Waals surface area contributed by atoms with Gasteiger partial charge in [-0.3, -0.25) is 14.8 Å². The molecule has 0 unspecified atom stereocenters. The van der Waals surface area contributed by atoms with Gasteiger partial charge in [0.2, 0.25) is 5.91 Å². The first kappa shape index (κ1) is 15.2. The van der Waals surface area contributed by atoms with Gasteiger partial charge < -0.3 is 5.32 Å². The molecule has 3 rings (SSSR count). The molecule has 2 N–H and O–H groups in total. The van der Waals surface area contributed by atoms with Crippen LogP contribution in [0.15, 0.2) is 23.8 Å². The van der Waals surface area contributed by atoms with Gasteiger partial charge in [0.05, 0.1) is 6.04 Å². The average Bonchev–Trinajstić information content (AvgIpc) is 3.26. The third kappa shape index (κ3) is 3.53. The largest absolute Gasteiger partial charge is 0.354 e. The van der Waals surface area contributed by atoms with Crippen molar-refractivity contribution in [3.05, 3.63) is 34.5 Å². The van der Waals surface area contributed by atoms with Gasteiger partial charge in [-0.25, -0.2) is 4.98 Å². The van der Waals surface area contributed by atoms with Gasteiger partial charge in [0.1, 0.15) is 12.2 Å². The number of hydrogen-bond acceptors (Lipinski definition) is 5. The fourth-order valence-corrected chi connectivity index (χ4v) is 3.56. The molecule has 1 amide bonds. The number of nitrogens with zero attached hydrogens (tertiary/aromatic N) is 3. The van der Waals surface area contributed by atoms with E-state index in [1.54, 1.807) is 17.7 Å². The molecule has 2 aromatic heterocycles. The molecule has 22 heavy (non-hydrogen) atoms. The molecule has 0 spiro atoms. The van der Waals surface area contributed by atoms with Crippen molar-refractivity contribution in [2.24, 2.45) is 0 Å². The van der Waals surface area contributed by atoms with Crippen LogP contribution in [0.25, 0.3) is 0 Å². The van der Waals surface area contributed by atoms with Crippen molar-refractivity contribution in [1.82, 2.24) is 25.4 Å². The molecule has 7 heteroatoms. The molecule has 0 aliphatic carbocycles. The van der Waals surface area contributed by atoms with Crippen molar-refractivity contribution in [1.29, 1.82) is 0 Å². The van der Waals surface area contributed by atoms with E-state index in [1.807, 2.05) is 13.0 Å². The van der Waals surface area contributed by atoms with Crippen LogP contribution in [0.1, 0.15) is 30.0 Å².